The molecule has 88 valence electrons. The fourth-order valence-electron chi connectivity index (χ4n) is 1.19. The highest BCUT2D eigenvalue weighted by molar-refractivity contribution is 14.1. The van der Waals surface area contributed by atoms with Crippen molar-refractivity contribution in [3.8, 4) is 0 Å². The van der Waals surface area contributed by atoms with E-state index >= 15 is 0 Å². The first-order valence-corrected chi connectivity index (χ1v) is 6.55. The molecule has 2 nitrogen and oxygen atoms in total. The van der Waals surface area contributed by atoms with Gasteiger partial charge in [-0.2, -0.15) is 0 Å². The second-order valence-electron chi connectivity index (χ2n) is 3.28. The third kappa shape index (κ3) is 4.25. The fraction of sp³-hybridized carbons (Fsp3) is 0.364. The Labute approximate surface area is 113 Å². The largest absolute Gasteiger partial charge is 0.352 e. The van der Waals surface area contributed by atoms with Gasteiger partial charge in [0.05, 0.1) is 5.56 Å². The van der Waals surface area contributed by atoms with Crippen LogP contribution in [0, 0.1) is 9.39 Å². The molecular weight excluding hydrogens is 343 g/mol. The van der Waals surface area contributed by atoms with E-state index in [1.807, 2.05) is 22.6 Å². The lowest BCUT2D eigenvalue weighted by molar-refractivity contribution is 0.0952. The molecule has 0 radical (unpaired) electrons. The predicted molar refractivity (Wildman–Crippen MR) is 71.4 cm³/mol. The molecule has 0 fully saturated rings. The van der Waals surface area contributed by atoms with Crippen LogP contribution in [0.4, 0.5) is 4.39 Å². The Kier molecular flexibility index (Phi) is 6.05. The van der Waals surface area contributed by atoms with Gasteiger partial charge in [-0.1, -0.05) is 0 Å². The van der Waals surface area contributed by atoms with E-state index in [0.29, 0.717) is 21.6 Å². The van der Waals surface area contributed by atoms with Gasteiger partial charge in [0, 0.05) is 16.0 Å². The van der Waals surface area contributed by atoms with E-state index in [-0.39, 0.29) is 11.7 Å². The predicted octanol–water partition coefficient (Wildman–Crippen LogP) is 3.18. The second kappa shape index (κ2) is 7.06. The Bertz CT molecular complexity index is 373. The van der Waals surface area contributed by atoms with E-state index < -0.39 is 0 Å². The van der Waals surface area contributed by atoms with Crippen LogP contribution in [-0.4, -0.2) is 18.3 Å². The van der Waals surface area contributed by atoms with Crippen molar-refractivity contribution >= 4 is 40.1 Å². The van der Waals surface area contributed by atoms with Crippen molar-refractivity contribution in [3.63, 3.8) is 0 Å². The lowest BCUT2D eigenvalue weighted by Gasteiger charge is -2.06. The first-order chi connectivity index (χ1) is 7.65. The van der Waals surface area contributed by atoms with E-state index in [2.05, 4.69) is 5.32 Å². The highest BCUT2D eigenvalue weighted by atomic mass is 127. The lowest BCUT2D eigenvalue weighted by Crippen LogP contribution is -2.25. The monoisotopic (exact) mass is 355 g/mol. The molecule has 0 unspecified atom stereocenters. The van der Waals surface area contributed by atoms with Crippen LogP contribution in [-0.2, 0) is 0 Å². The van der Waals surface area contributed by atoms with Crippen LogP contribution in [0.15, 0.2) is 18.2 Å². The molecule has 16 heavy (non-hydrogen) atoms. The highest BCUT2D eigenvalue weighted by Gasteiger charge is 2.09. The minimum absolute atomic E-state index is 0.168. The first kappa shape index (κ1) is 13.7. The standard InChI is InChI=1S/C11H12ClFINO/c12-5-1-2-6-15-11(16)9-4-3-8(13)7-10(9)14/h3-4,7H,1-2,5-6H2,(H,15,16). The van der Waals surface area contributed by atoms with Crippen molar-refractivity contribution in [2.24, 2.45) is 0 Å². The van der Waals surface area contributed by atoms with Gasteiger partial charge in [0.15, 0.2) is 0 Å². The molecule has 0 heterocycles. The van der Waals surface area contributed by atoms with Crippen LogP contribution in [0.25, 0.3) is 0 Å². The van der Waals surface area contributed by atoms with Crippen LogP contribution in [0.2, 0.25) is 0 Å². The molecule has 5 heteroatoms. The summed E-state index contributed by atoms with van der Waals surface area (Å²) in [5.74, 6) is 0.103. The molecule has 0 aliphatic carbocycles. The number of carbonyl (C=O) groups is 1. The molecule has 0 aromatic heterocycles. The van der Waals surface area contributed by atoms with Crippen LogP contribution < -0.4 is 5.32 Å². The van der Waals surface area contributed by atoms with E-state index in [4.69, 9.17) is 11.6 Å². The van der Waals surface area contributed by atoms with Crippen molar-refractivity contribution in [2.45, 2.75) is 12.8 Å². The zero-order chi connectivity index (χ0) is 12.0. The summed E-state index contributed by atoms with van der Waals surface area (Å²) in [4.78, 5) is 11.7. The van der Waals surface area contributed by atoms with Crippen molar-refractivity contribution in [2.75, 3.05) is 12.4 Å². The minimum Gasteiger partial charge on any atom is -0.352 e. The zero-order valence-electron chi connectivity index (χ0n) is 8.60. The van der Waals surface area contributed by atoms with Crippen molar-refractivity contribution in [3.05, 3.63) is 33.1 Å². The van der Waals surface area contributed by atoms with Gasteiger partial charge in [-0.25, -0.2) is 4.39 Å². The van der Waals surface area contributed by atoms with Crippen LogP contribution in [0.1, 0.15) is 23.2 Å². The molecule has 0 aliphatic heterocycles. The summed E-state index contributed by atoms with van der Waals surface area (Å²) in [7, 11) is 0. The van der Waals surface area contributed by atoms with Crippen LogP contribution in [0.5, 0.6) is 0 Å². The maximum atomic E-state index is 12.8. The molecule has 0 saturated carbocycles. The number of hydrogen-bond acceptors (Lipinski definition) is 1. The quantitative estimate of drug-likeness (QED) is 0.491. The normalized spacial score (nSPS) is 10.2. The van der Waals surface area contributed by atoms with Gasteiger partial charge in [0.2, 0.25) is 0 Å². The van der Waals surface area contributed by atoms with Gasteiger partial charge in [-0.05, 0) is 53.6 Å². The number of halogens is 3. The summed E-state index contributed by atoms with van der Waals surface area (Å²) in [6, 6.07) is 4.12. The molecule has 1 rings (SSSR count). The molecule has 0 bridgehead atoms. The van der Waals surface area contributed by atoms with Crippen LogP contribution >= 0.6 is 34.2 Å². The molecule has 1 aromatic carbocycles. The summed E-state index contributed by atoms with van der Waals surface area (Å²) < 4.78 is 13.4. The number of hydrogen-bond donors (Lipinski definition) is 1. The summed E-state index contributed by atoms with van der Waals surface area (Å²) in [6.07, 6.45) is 1.73. The summed E-state index contributed by atoms with van der Waals surface area (Å²) >= 11 is 7.47. The number of rotatable bonds is 5. The number of unbranched alkanes of at least 4 members (excludes halogenated alkanes) is 1. The second-order valence-corrected chi connectivity index (χ2v) is 4.82. The molecule has 0 spiro atoms. The van der Waals surface area contributed by atoms with Gasteiger partial charge >= 0.3 is 0 Å². The molecule has 0 atom stereocenters. The van der Waals surface area contributed by atoms with Crippen molar-refractivity contribution in [1.82, 2.24) is 5.32 Å². The van der Waals surface area contributed by atoms with Gasteiger partial charge in [-0.15, -0.1) is 11.6 Å². The lowest BCUT2D eigenvalue weighted by atomic mass is 10.2. The van der Waals surface area contributed by atoms with Gasteiger partial charge in [-0.3, -0.25) is 4.79 Å². The molecule has 1 N–H and O–H groups in total. The topological polar surface area (TPSA) is 29.1 Å². The Balaban J connectivity index is 2.53. The van der Waals surface area contributed by atoms with E-state index in [0.717, 1.165) is 12.8 Å². The molecule has 0 aliphatic rings. The average molecular weight is 356 g/mol. The van der Waals surface area contributed by atoms with Gasteiger partial charge < -0.3 is 5.32 Å². The Morgan fingerprint density at radius 2 is 2.19 bits per heavy atom. The van der Waals surface area contributed by atoms with Crippen molar-refractivity contribution < 1.29 is 9.18 Å². The third-order valence-electron chi connectivity index (χ3n) is 2.02. The fourth-order valence-corrected chi connectivity index (χ4v) is 2.10. The zero-order valence-corrected chi connectivity index (χ0v) is 11.5. The Morgan fingerprint density at radius 3 is 2.81 bits per heavy atom. The number of amides is 1. The Hall–Kier alpha value is -0.360. The van der Waals surface area contributed by atoms with E-state index in [1.165, 1.54) is 18.2 Å². The number of nitrogens with one attached hydrogen (secondary N) is 1. The van der Waals surface area contributed by atoms with Gasteiger partial charge in [0.25, 0.3) is 5.91 Å². The third-order valence-corrected chi connectivity index (χ3v) is 3.18. The molecule has 0 saturated heterocycles. The smallest absolute Gasteiger partial charge is 0.252 e. The van der Waals surface area contributed by atoms with Gasteiger partial charge in [0.1, 0.15) is 5.82 Å². The van der Waals surface area contributed by atoms with Crippen LogP contribution in [0.3, 0.4) is 0 Å². The van der Waals surface area contributed by atoms with E-state index in [9.17, 15) is 9.18 Å². The number of benzene rings is 1. The molecule has 1 amide bonds. The maximum Gasteiger partial charge on any atom is 0.252 e. The average Bonchev–Trinajstić information content (AvgIpc) is 2.24. The van der Waals surface area contributed by atoms with Crippen molar-refractivity contribution in [1.29, 1.82) is 0 Å². The summed E-state index contributed by atoms with van der Waals surface area (Å²) in [5.41, 5.74) is 0.507. The Morgan fingerprint density at radius 1 is 1.44 bits per heavy atom. The molecule has 1 aromatic rings. The summed E-state index contributed by atoms with van der Waals surface area (Å²) in [5, 5.41) is 2.77. The molecular formula is C11H12ClFINO. The first-order valence-electron chi connectivity index (χ1n) is 4.94. The summed E-state index contributed by atoms with van der Waals surface area (Å²) in [6.45, 7) is 0.596. The highest BCUT2D eigenvalue weighted by Crippen LogP contribution is 2.13. The number of alkyl halides is 1. The SMILES string of the molecule is O=C(NCCCCCl)c1ccc(F)cc1I. The van der Waals surface area contributed by atoms with E-state index in [1.54, 1.807) is 0 Å². The maximum absolute atomic E-state index is 12.8. The minimum atomic E-state index is -0.330. The number of carbonyl (C=O) groups excluding carboxylic acids is 1.